The van der Waals surface area contributed by atoms with Crippen LogP contribution in [-0.4, -0.2) is 33.9 Å². The summed E-state index contributed by atoms with van der Waals surface area (Å²) in [6, 6.07) is 3.02. The first kappa shape index (κ1) is 22.5. The molecule has 1 amide bonds. The molecule has 0 aliphatic rings. The number of rotatable bonds is 6. The van der Waals surface area contributed by atoms with Crippen LogP contribution in [0.2, 0.25) is 10.0 Å². The van der Waals surface area contributed by atoms with Crippen LogP contribution >= 0.6 is 23.2 Å². The molecule has 5 nitrogen and oxygen atoms in total. The second kappa shape index (κ2) is 8.71. The molecule has 0 N–H and O–H groups in total. The number of hydrogen-bond donors (Lipinski definition) is 0. The maximum Gasteiger partial charge on any atom is 0.435 e. The highest BCUT2D eigenvalue weighted by Crippen LogP contribution is 2.32. The van der Waals surface area contributed by atoms with E-state index in [1.165, 1.54) is 14.2 Å². The molecule has 1 atom stereocenters. The van der Waals surface area contributed by atoms with Crippen LogP contribution in [0.4, 0.5) is 13.2 Å². The molecule has 0 spiro atoms. The van der Waals surface area contributed by atoms with Gasteiger partial charge in [-0.2, -0.15) is 18.3 Å². The highest BCUT2D eigenvalue weighted by atomic mass is 35.5. The first-order valence-electron chi connectivity index (χ1n) is 8.38. The average Bonchev–Trinajstić information content (AvgIpc) is 2.96. The van der Waals surface area contributed by atoms with Crippen LogP contribution in [0.25, 0.3) is 0 Å². The van der Waals surface area contributed by atoms with Gasteiger partial charge in [-0.15, -0.1) is 0 Å². The Morgan fingerprint density at radius 1 is 1.32 bits per heavy atom. The average molecular weight is 438 g/mol. The summed E-state index contributed by atoms with van der Waals surface area (Å²) in [4.78, 5) is 17.8. The Kier molecular flexibility index (Phi) is 7.01. The molecule has 0 fully saturated rings. The molecule has 1 heterocycles. The fourth-order valence-electron chi connectivity index (χ4n) is 2.88. The Bertz CT molecular complexity index is 845. The monoisotopic (exact) mass is 437 g/mol. The van der Waals surface area contributed by atoms with E-state index in [4.69, 9.17) is 28.0 Å². The Balaban J connectivity index is 2.20. The number of carbonyl (C=O) groups excluding carboxylic acids is 1. The number of alkyl halides is 3. The van der Waals surface area contributed by atoms with Crippen LogP contribution in [0.5, 0.6) is 0 Å². The van der Waals surface area contributed by atoms with Gasteiger partial charge in [0.15, 0.2) is 5.69 Å². The van der Waals surface area contributed by atoms with Crippen LogP contribution in [-0.2, 0) is 24.5 Å². The van der Waals surface area contributed by atoms with Gasteiger partial charge in [0.1, 0.15) is 0 Å². The molecule has 0 radical (unpaired) electrons. The summed E-state index contributed by atoms with van der Waals surface area (Å²) in [5, 5.41) is 5.26. The zero-order chi connectivity index (χ0) is 21.2. The predicted octanol–water partition coefficient (Wildman–Crippen LogP) is 5.08. The molecule has 10 heteroatoms. The molecule has 0 saturated heterocycles. The molecular weight excluding hydrogens is 418 g/mol. The fraction of sp³-hybridized carbons (Fsp3) is 0.444. The first-order chi connectivity index (χ1) is 13.0. The van der Waals surface area contributed by atoms with E-state index in [2.05, 4.69) is 5.10 Å². The molecule has 28 heavy (non-hydrogen) atoms. The van der Waals surface area contributed by atoms with Crippen LogP contribution in [0.3, 0.4) is 0 Å². The van der Waals surface area contributed by atoms with Gasteiger partial charge < -0.3 is 0 Å². The molecule has 0 aliphatic carbocycles. The quantitative estimate of drug-likeness (QED) is 0.592. The van der Waals surface area contributed by atoms with Gasteiger partial charge in [-0.05, 0) is 49.9 Å². The molecule has 154 valence electrons. The van der Waals surface area contributed by atoms with Gasteiger partial charge in [0, 0.05) is 23.3 Å². The summed E-state index contributed by atoms with van der Waals surface area (Å²) in [6.45, 7) is 3.53. The minimum Gasteiger partial charge on any atom is -0.274 e. The summed E-state index contributed by atoms with van der Waals surface area (Å²) in [5.74, 6) is -0.920. The third-order valence-corrected chi connectivity index (χ3v) is 4.90. The number of hydroxylamine groups is 2. The van der Waals surface area contributed by atoms with E-state index in [0.29, 0.717) is 28.5 Å². The lowest BCUT2D eigenvalue weighted by Crippen LogP contribution is -2.38. The lowest BCUT2D eigenvalue weighted by Gasteiger charge is -2.27. The van der Waals surface area contributed by atoms with Crippen molar-refractivity contribution in [2.24, 2.45) is 7.05 Å². The second-order valence-corrected chi connectivity index (χ2v) is 7.29. The molecule has 1 aromatic carbocycles. The molecule has 1 aromatic heterocycles. The van der Waals surface area contributed by atoms with E-state index in [1.54, 1.807) is 19.1 Å². The lowest BCUT2D eigenvalue weighted by molar-refractivity contribution is -0.143. The van der Waals surface area contributed by atoms with Crippen molar-refractivity contribution in [1.82, 2.24) is 14.8 Å². The van der Waals surface area contributed by atoms with Crippen LogP contribution in [0.15, 0.2) is 18.3 Å². The van der Waals surface area contributed by atoms with E-state index in [0.717, 1.165) is 21.5 Å². The number of amides is 1. The minimum absolute atomic E-state index is 0.379. The number of halogens is 5. The molecule has 0 aliphatic heterocycles. The maximum absolute atomic E-state index is 13.2. The van der Waals surface area contributed by atoms with E-state index >= 15 is 0 Å². The van der Waals surface area contributed by atoms with Crippen molar-refractivity contribution in [2.45, 2.75) is 38.9 Å². The maximum atomic E-state index is 13.2. The summed E-state index contributed by atoms with van der Waals surface area (Å²) in [5.41, 5.74) is -0.202. The van der Waals surface area contributed by atoms with E-state index < -0.39 is 29.4 Å². The Hall–Kier alpha value is -1.77. The first-order valence-corrected chi connectivity index (χ1v) is 9.14. The molecule has 0 saturated carbocycles. The van der Waals surface area contributed by atoms with Crippen molar-refractivity contribution >= 4 is 29.1 Å². The summed E-state index contributed by atoms with van der Waals surface area (Å²) >= 11 is 12.5. The Morgan fingerprint density at radius 2 is 1.89 bits per heavy atom. The van der Waals surface area contributed by atoms with Crippen molar-refractivity contribution in [3.05, 3.63) is 50.8 Å². The number of nitrogens with zero attached hydrogens (tertiary/aromatic N) is 3. The van der Waals surface area contributed by atoms with Gasteiger partial charge in [0.05, 0.1) is 18.7 Å². The smallest absolute Gasteiger partial charge is 0.274 e. The normalized spacial score (nSPS) is 12.9. The van der Waals surface area contributed by atoms with Crippen molar-refractivity contribution < 1.29 is 22.8 Å². The standard InChI is InChI=1S/C18H20Cl2F3N3O2/c1-10-7-14(19)12(15(20)8-10)6-5-11(2)26(28-4)17(27)13-9-25(3)24-16(13)18(21,22)23/h7-9,11H,5-6H2,1-4H3. The van der Waals surface area contributed by atoms with Crippen LogP contribution < -0.4 is 0 Å². The predicted molar refractivity (Wildman–Crippen MR) is 100 cm³/mol. The van der Waals surface area contributed by atoms with E-state index in [9.17, 15) is 18.0 Å². The second-order valence-electron chi connectivity index (χ2n) is 6.47. The molecule has 0 bridgehead atoms. The van der Waals surface area contributed by atoms with Gasteiger partial charge in [0.2, 0.25) is 0 Å². The van der Waals surface area contributed by atoms with E-state index in [-0.39, 0.29) is 0 Å². The Labute approximate surface area is 170 Å². The van der Waals surface area contributed by atoms with Gasteiger partial charge in [-0.1, -0.05) is 23.2 Å². The third-order valence-electron chi connectivity index (χ3n) is 4.22. The lowest BCUT2D eigenvalue weighted by atomic mass is 10.0. The van der Waals surface area contributed by atoms with Gasteiger partial charge in [-0.3, -0.25) is 14.3 Å². The summed E-state index contributed by atoms with van der Waals surface area (Å²) in [6.07, 6.45) is -2.93. The number of benzene rings is 1. The van der Waals surface area contributed by atoms with Crippen molar-refractivity contribution in [3.8, 4) is 0 Å². The molecule has 1 unspecified atom stereocenters. The third kappa shape index (κ3) is 4.98. The number of carbonyl (C=O) groups is 1. The zero-order valence-corrected chi connectivity index (χ0v) is 17.3. The number of aryl methyl sites for hydroxylation is 2. The number of aromatic nitrogens is 2. The van der Waals surface area contributed by atoms with Crippen molar-refractivity contribution in [3.63, 3.8) is 0 Å². The number of hydrogen-bond acceptors (Lipinski definition) is 3. The topological polar surface area (TPSA) is 47.4 Å². The van der Waals surface area contributed by atoms with Gasteiger partial charge in [0.25, 0.3) is 5.91 Å². The molecule has 2 rings (SSSR count). The summed E-state index contributed by atoms with van der Waals surface area (Å²) in [7, 11) is 2.54. The van der Waals surface area contributed by atoms with Crippen LogP contribution in [0, 0.1) is 6.92 Å². The van der Waals surface area contributed by atoms with Crippen LogP contribution in [0.1, 0.15) is 40.5 Å². The minimum atomic E-state index is -4.75. The summed E-state index contributed by atoms with van der Waals surface area (Å²) < 4.78 is 40.4. The van der Waals surface area contributed by atoms with Gasteiger partial charge >= 0.3 is 6.18 Å². The fourth-order valence-corrected chi connectivity index (χ4v) is 3.66. The Morgan fingerprint density at radius 3 is 2.39 bits per heavy atom. The molecular formula is C18H20Cl2F3N3O2. The largest absolute Gasteiger partial charge is 0.435 e. The van der Waals surface area contributed by atoms with Crippen molar-refractivity contribution in [1.29, 1.82) is 0 Å². The highest BCUT2D eigenvalue weighted by Gasteiger charge is 2.40. The van der Waals surface area contributed by atoms with Crippen molar-refractivity contribution in [2.75, 3.05) is 7.11 Å². The molecule has 2 aromatic rings. The SMILES string of the molecule is CON(C(=O)c1cn(C)nc1C(F)(F)F)C(C)CCc1c(Cl)cc(C)cc1Cl. The highest BCUT2D eigenvalue weighted by molar-refractivity contribution is 6.36. The van der Waals surface area contributed by atoms with E-state index in [1.807, 2.05) is 6.92 Å². The van der Waals surface area contributed by atoms with Gasteiger partial charge in [-0.25, -0.2) is 5.06 Å². The zero-order valence-electron chi connectivity index (χ0n) is 15.8.